The van der Waals surface area contributed by atoms with Crippen LogP contribution in [0.5, 0.6) is 0 Å². The molecule has 0 bridgehead atoms. The lowest BCUT2D eigenvalue weighted by atomic mass is 9.66. The van der Waals surface area contributed by atoms with E-state index in [0.717, 1.165) is 30.6 Å². The first kappa shape index (κ1) is 25.2. The molecule has 2 fully saturated rings. The van der Waals surface area contributed by atoms with Crippen LogP contribution in [0.3, 0.4) is 0 Å². The van der Waals surface area contributed by atoms with Crippen molar-refractivity contribution in [3.05, 3.63) is 34.9 Å². The fourth-order valence-corrected chi connectivity index (χ4v) is 6.51. The highest BCUT2D eigenvalue weighted by Crippen LogP contribution is 2.45. The van der Waals surface area contributed by atoms with E-state index < -0.39 is 17.2 Å². The molecule has 2 aliphatic carbocycles. The summed E-state index contributed by atoms with van der Waals surface area (Å²) in [4.78, 5) is 0. The molecule has 1 unspecified atom stereocenters. The molecule has 2 aliphatic rings. The van der Waals surface area contributed by atoms with Crippen molar-refractivity contribution in [2.24, 2.45) is 23.7 Å². The van der Waals surface area contributed by atoms with Gasteiger partial charge in [-0.05, 0) is 85.8 Å². The van der Waals surface area contributed by atoms with Crippen LogP contribution in [0.1, 0.15) is 127 Å². The maximum atomic E-state index is 14.1. The van der Waals surface area contributed by atoms with Crippen molar-refractivity contribution in [2.45, 2.75) is 116 Å². The van der Waals surface area contributed by atoms with Crippen molar-refractivity contribution in [3.8, 4) is 6.07 Å². The highest BCUT2D eigenvalue weighted by molar-refractivity contribution is 5.36. The lowest BCUT2D eigenvalue weighted by molar-refractivity contribution is 0.136. The maximum absolute atomic E-state index is 14.1. The quantitative estimate of drug-likeness (QED) is 0.330. The molecule has 0 heterocycles. The molecule has 0 aromatic heterocycles. The molecule has 3 heteroatoms. The number of unbranched alkanes of at least 4 members (excludes halogenated alkanes) is 5. The van der Waals surface area contributed by atoms with Gasteiger partial charge in [0.25, 0.3) is 0 Å². The van der Waals surface area contributed by atoms with E-state index in [1.54, 1.807) is 6.07 Å². The van der Waals surface area contributed by atoms with E-state index in [4.69, 9.17) is 5.26 Å². The molecule has 3 rings (SSSR count). The third-order valence-electron chi connectivity index (χ3n) is 8.75. The maximum Gasteiger partial charge on any atom is 0.144 e. The van der Waals surface area contributed by atoms with Crippen LogP contribution < -0.4 is 0 Å². The van der Waals surface area contributed by atoms with Crippen LogP contribution in [0.15, 0.2) is 12.1 Å². The number of benzene rings is 1. The van der Waals surface area contributed by atoms with Gasteiger partial charge in [-0.1, -0.05) is 71.6 Å². The van der Waals surface area contributed by atoms with Gasteiger partial charge in [0.2, 0.25) is 0 Å². The lowest BCUT2D eigenvalue weighted by Gasteiger charge is -2.39. The van der Waals surface area contributed by atoms with Crippen LogP contribution in [-0.2, 0) is 0 Å². The van der Waals surface area contributed by atoms with Crippen LogP contribution in [0.2, 0.25) is 0 Å². The Morgan fingerprint density at radius 3 is 1.94 bits per heavy atom. The van der Waals surface area contributed by atoms with E-state index in [-0.39, 0.29) is 5.92 Å². The largest absolute Gasteiger partial charge is 0.205 e. The van der Waals surface area contributed by atoms with E-state index in [0.29, 0.717) is 11.5 Å². The first-order valence-corrected chi connectivity index (χ1v) is 13.4. The number of rotatable bonds is 10. The molecular weight excluding hydrogens is 400 g/mol. The Hall–Kier alpha value is -1.43. The summed E-state index contributed by atoms with van der Waals surface area (Å²) in [6, 6.07) is 4.38. The summed E-state index contributed by atoms with van der Waals surface area (Å²) in [5.74, 6) is 1.90. The Kier molecular flexibility index (Phi) is 10.0. The van der Waals surface area contributed by atoms with Gasteiger partial charge in [0.15, 0.2) is 0 Å². The van der Waals surface area contributed by atoms with Crippen molar-refractivity contribution in [3.63, 3.8) is 0 Å². The molecule has 0 spiro atoms. The first-order chi connectivity index (χ1) is 15.5. The zero-order valence-corrected chi connectivity index (χ0v) is 20.4. The molecule has 32 heavy (non-hydrogen) atoms. The Labute approximate surface area is 195 Å². The second kappa shape index (κ2) is 12.7. The number of nitriles is 1. The second-order valence-electron chi connectivity index (χ2n) is 10.8. The lowest BCUT2D eigenvalue weighted by Crippen LogP contribution is -2.27. The highest BCUT2D eigenvalue weighted by atomic mass is 19.1. The summed E-state index contributed by atoms with van der Waals surface area (Å²) < 4.78 is 28.1. The van der Waals surface area contributed by atoms with Gasteiger partial charge in [0, 0.05) is 0 Å². The zero-order valence-electron chi connectivity index (χ0n) is 20.4. The molecule has 0 saturated heterocycles. The van der Waals surface area contributed by atoms with Crippen molar-refractivity contribution < 1.29 is 8.78 Å². The molecule has 1 aromatic rings. The Morgan fingerprint density at radius 2 is 1.38 bits per heavy atom. The molecule has 0 radical (unpaired) electrons. The van der Waals surface area contributed by atoms with Crippen LogP contribution >= 0.6 is 0 Å². The highest BCUT2D eigenvalue weighted by Gasteiger charge is 2.33. The normalized spacial score (nSPS) is 27.1. The smallest absolute Gasteiger partial charge is 0.144 e. The van der Waals surface area contributed by atoms with Gasteiger partial charge in [-0.15, -0.1) is 0 Å². The van der Waals surface area contributed by atoms with Gasteiger partial charge in [-0.25, -0.2) is 8.78 Å². The van der Waals surface area contributed by atoms with E-state index in [1.807, 2.05) is 0 Å². The molecule has 2 saturated carbocycles. The average Bonchev–Trinajstić information content (AvgIpc) is 2.81. The SMILES string of the molecule is CCCCCCCCC1CCC(C2CCC(C(C)c3cc(F)c(C#N)c(F)c3)CC2)CC1. The molecule has 1 nitrogen and oxygen atoms in total. The topological polar surface area (TPSA) is 23.8 Å². The Morgan fingerprint density at radius 1 is 0.844 bits per heavy atom. The minimum atomic E-state index is -0.722. The van der Waals surface area contributed by atoms with E-state index in [1.165, 1.54) is 95.6 Å². The van der Waals surface area contributed by atoms with Crippen LogP contribution in [0, 0.1) is 46.6 Å². The molecule has 0 N–H and O–H groups in total. The molecule has 0 amide bonds. The molecular formula is C29H43F2N. The Bertz CT molecular complexity index is 713. The minimum Gasteiger partial charge on any atom is -0.205 e. The van der Waals surface area contributed by atoms with Crippen LogP contribution in [0.25, 0.3) is 0 Å². The van der Waals surface area contributed by atoms with Gasteiger partial charge >= 0.3 is 0 Å². The van der Waals surface area contributed by atoms with Crippen LogP contribution in [-0.4, -0.2) is 0 Å². The summed E-state index contributed by atoms with van der Waals surface area (Å²) in [7, 11) is 0. The molecule has 178 valence electrons. The summed E-state index contributed by atoms with van der Waals surface area (Å²) in [5.41, 5.74) is 0.245. The van der Waals surface area contributed by atoms with Crippen LogP contribution in [0.4, 0.5) is 8.78 Å². The average molecular weight is 444 g/mol. The second-order valence-corrected chi connectivity index (χ2v) is 10.8. The van der Waals surface area contributed by atoms with Gasteiger partial charge in [-0.2, -0.15) is 5.26 Å². The monoisotopic (exact) mass is 443 g/mol. The van der Waals surface area contributed by atoms with Crippen molar-refractivity contribution in [2.75, 3.05) is 0 Å². The van der Waals surface area contributed by atoms with E-state index in [9.17, 15) is 8.78 Å². The third-order valence-corrected chi connectivity index (χ3v) is 8.75. The van der Waals surface area contributed by atoms with Crippen molar-refractivity contribution in [1.29, 1.82) is 5.26 Å². The van der Waals surface area contributed by atoms with Gasteiger partial charge in [0.1, 0.15) is 23.3 Å². The van der Waals surface area contributed by atoms with Crippen molar-refractivity contribution >= 4 is 0 Å². The summed E-state index contributed by atoms with van der Waals surface area (Å²) in [6.07, 6.45) is 20.4. The Balaban J connectivity index is 1.39. The summed E-state index contributed by atoms with van der Waals surface area (Å²) >= 11 is 0. The first-order valence-electron chi connectivity index (χ1n) is 13.4. The summed E-state index contributed by atoms with van der Waals surface area (Å²) in [6.45, 7) is 4.38. The summed E-state index contributed by atoms with van der Waals surface area (Å²) in [5, 5.41) is 8.90. The number of hydrogen-bond donors (Lipinski definition) is 0. The van der Waals surface area contributed by atoms with E-state index >= 15 is 0 Å². The third kappa shape index (κ3) is 6.79. The fourth-order valence-electron chi connectivity index (χ4n) is 6.51. The number of halogens is 2. The van der Waals surface area contributed by atoms with Gasteiger partial charge in [-0.3, -0.25) is 0 Å². The minimum absolute atomic E-state index is 0.140. The van der Waals surface area contributed by atoms with Crippen molar-refractivity contribution in [1.82, 2.24) is 0 Å². The fraction of sp³-hybridized carbons (Fsp3) is 0.759. The molecule has 0 aliphatic heterocycles. The number of hydrogen-bond acceptors (Lipinski definition) is 1. The van der Waals surface area contributed by atoms with E-state index in [2.05, 4.69) is 13.8 Å². The zero-order chi connectivity index (χ0) is 22.9. The predicted octanol–water partition coefficient (Wildman–Crippen LogP) is 9.30. The van der Waals surface area contributed by atoms with Gasteiger partial charge in [0.05, 0.1) is 0 Å². The predicted molar refractivity (Wildman–Crippen MR) is 128 cm³/mol. The molecule has 1 aromatic carbocycles. The number of nitrogens with zero attached hydrogens (tertiary/aromatic N) is 1. The van der Waals surface area contributed by atoms with Gasteiger partial charge < -0.3 is 0 Å². The standard InChI is InChI=1S/C29H43F2N/c1-3-4-5-6-7-8-9-22-10-12-24(13-11-22)25-16-14-23(15-17-25)21(2)26-18-28(30)27(20-32)29(31)19-26/h18-19,21-25H,3-17H2,1-2H3. The molecule has 1 atom stereocenters.